The summed E-state index contributed by atoms with van der Waals surface area (Å²) < 4.78 is 0. The molecule has 0 saturated carbocycles. The molecule has 4 nitrogen and oxygen atoms in total. The Morgan fingerprint density at radius 3 is 2.38 bits per heavy atom. The number of aromatic nitrogens is 2. The lowest BCUT2D eigenvalue weighted by molar-refractivity contribution is 0.762. The van der Waals surface area contributed by atoms with E-state index in [-0.39, 0.29) is 0 Å². The van der Waals surface area contributed by atoms with E-state index in [9.17, 15) is 0 Å². The van der Waals surface area contributed by atoms with E-state index in [1.807, 2.05) is 0 Å². The van der Waals surface area contributed by atoms with Crippen LogP contribution in [0.15, 0.2) is 12.4 Å². The van der Waals surface area contributed by atoms with Crippen LogP contribution in [0.25, 0.3) is 0 Å². The molecule has 4 heteroatoms. The number of rotatable bonds is 4. The first-order valence-corrected chi connectivity index (χ1v) is 4.60. The van der Waals surface area contributed by atoms with Crippen LogP contribution < -0.4 is 10.6 Å². The highest BCUT2D eigenvalue weighted by Gasteiger charge is 2.04. The van der Waals surface area contributed by atoms with E-state index in [1.165, 1.54) is 0 Å². The van der Waals surface area contributed by atoms with Crippen molar-refractivity contribution in [3.05, 3.63) is 12.4 Å². The standard InChI is InChI=1S/C9H16N4/c1-3-5-13(4-2)9-11-6-8(10)7-12-9/h6-7H,3-5,10H2,1-2H3. The first-order valence-electron chi connectivity index (χ1n) is 4.60. The zero-order chi connectivity index (χ0) is 9.68. The fraction of sp³-hybridized carbons (Fsp3) is 0.556. The minimum atomic E-state index is 0.608. The molecular weight excluding hydrogens is 164 g/mol. The van der Waals surface area contributed by atoms with Gasteiger partial charge in [-0.25, -0.2) is 9.97 Å². The summed E-state index contributed by atoms with van der Waals surface area (Å²) >= 11 is 0. The molecule has 0 atom stereocenters. The van der Waals surface area contributed by atoms with Crippen LogP contribution in [0.1, 0.15) is 20.3 Å². The summed E-state index contributed by atoms with van der Waals surface area (Å²) in [7, 11) is 0. The van der Waals surface area contributed by atoms with Gasteiger partial charge in [-0.3, -0.25) is 0 Å². The summed E-state index contributed by atoms with van der Waals surface area (Å²) in [5.41, 5.74) is 6.11. The predicted octanol–water partition coefficient (Wildman–Crippen LogP) is 1.30. The maximum absolute atomic E-state index is 5.50. The summed E-state index contributed by atoms with van der Waals surface area (Å²) in [5.74, 6) is 0.763. The molecule has 0 aliphatic rings. The number of hydrogen-bond acceptors (Lipinski definition) is 4. The molecule has 1 aromatic heterocycles. The lowest BCUT2D eigenvalue weighted by atomic mass is 10.4. The van der Waals surface area contributed by atoms with Crippen molar-refractivity contribution < 1.29 is 0 Å². The van der Waals surface area contributed by atoms with Crippen LogP contribution in [0, 0.1) is 0 Å². The number of nitrogens with zero attached hydrogens (tertiary/aromatic N) is 3. The highest BCUT2D eigenvalue weighted by atomic mass is 15.2. The topological polar surface area (TPSA) is 55.0 Å². The molecule has 0 spiro atoms. The second-order valence-corrected chi connectivity index (χ2v) is 2.90. The van der Waals surface area contributed by atoms with Crippen LogP contribution in [0.4, 0.5) is 11.6 Å². The van der Waals surface area contributed by atoms with Crippen LogP contribution in [0.2, 0.25) is 0 Å². The summed E-state index contributed by atoms with van der Waals surface area (Å²) in [6.07, 6.45) is 4.38. The lowest BCUT2D eigenvalue weighted by Crippen LogP contribution is -2.25. The van der Waals surface area contributed by atoms with Gasteiger partial charge in [-0.05, 0) is 13.3 Å². The van der Waals surface area contributed by atoms with Crippen LogP contribution >= 0.6 is 0 Å². The average Bonchev–Trinajstić information content (AvgIpc) is 2.16. The number of nitrogen functional groups attached to an aromatic ring is 1. The van der Waals surface area contributed by atoms with Gasteiger partial charge in [0.05, 0.1) is 18.1 Å². The van der Waals surface area contributed by atoms with Crippen LogP contribution in [0.5, 0.6) is 0 Å². The molecule has 0 radical (unpaired) electrons. The van der Waals surface area contributed by atoms with E-state index in [0.29, 0.717) is 5.69 Å². The molecule has 1 rings (SSSR count). The Labute approximate surface area is 78.8 Å². The molecule has 0 bridgehead atoms. The summed E-state index contributed by atoms with van der Waals surface area (Å²) in [5, 5.41) is 0. The number of anilines is 2. The van der Waals surface area contributed by atoms with Crippen molar-refractivity contribution in [2.24, 2.45) is 0 Å². The maximum Gasteiger partial charge on any atom is 0.225 e. The number of hydrogen-bond donors (Lipinski definition) is 1. The van der Waals surface area contributed by atoms with E-state index >= 15 is 0 Å². The normalized spacial score (nSPS) is 10.0. The Hall–Kier alpha value is -1.32. The Balaban J connectivity index is 2.73. The summed E-state index contributed by atoms with van der Waals surface area (Å²) in [4.78, 5) is 10.4. The first kappa shape index (κ1) is 9.77. The van der Waals surface area contributed by atoms with Crippen molar-refractivity contribution in [2.75, 3.05) is 23.7 Å². The molecule has 0 aliphatic carbocycles. The Morgan fingerprint density at radius 2 is 1.92 bits per heavy atom. The van der Waals surface area contributed by atoms with Crippen LogP contribution in [0.3, 0.4) is 0 Å². The minimum absolute atomic E-state index is 0.608. The Bertz CT molecular complexity index is 244. The Morgan fingerprint density at radius 1 is 1.31 bits per heavy atom. The van der Waals surface area contributed by atoms with Gasteiger partial charge in [0, 0.05) is 13.1 Å². The van der Waals surface area contributed by atoms with Crippen LogP contribution in [-0.2, 0) is 0 Å². The predicted molar refractivity (Wildman–Crippen MR) is 54.6 cm³/mol. The molecule has 0 unspecified atom stereocenters. The summed E-state index contributed by atoms with van der Waals surface area (Å²) in [6.45, 7) is 6.15. The molecule has 0 aromatic carbocycles. The molecule has 0 aliphatic heterocycles. The lowest BCUT2D eigenvalue weighted by Gasteiger charge is -2.19. The van der Waals surface area contributed by atoms with Gasteiger partial charge >= 0.3 is 0 Å². The highest BCUT2D eigenvalue weighted by molar-refractivity contribution is 5.37. The molecular formula is C9H16N4. The van der Waals surface area contributed by atoms with Gasteiger partial charge in [-0.2, -0.15) is 0 Å². The smallest absolute Gasteiger partial charge is 0.225 e. The zero-order valence-electron chi connectivity index (χ0n) is 8.20. The van der Waals surface area contributed by atoms with Gasteiger partial charge in [0.25, 0.3) is 0 Å². The van der Waals surface area contributed by atoms with E-state index < -0.39 is 0 Å². The van der Waals surface area contributed by atoms with Crippen LogP contribution in [-0.4, -0.2) is 23.1 Å². The molecule has 72 valence electrons. The first-order chi connectivity index (χ1) is 6.27. The van der Waals surface area contributed by atoms with Crippen molar-refractivity contribution in [3.8, 4) is 0 Å². The fourth-order valence-electron chi connectivity index (χ4n) is 1.16. The largest absolute Gasteiger partial charge is 0.396 e. The molecule has 0 fully saturated rings. The van der Waals surface area contributed by atoms with Crippen molar-refractivity contribution in [3.63, 3.8) is 0 Å². The van der Waals surface area contributed by atoms with E-state index in [1.54, 1.807) is 12.4 Å². The van der Waals surface area contributed by atoms with Crippen molar-refractivity contribution in [1.82, 2.24) is 9.97 Å². The Kier molecular flexibility index (Phi) is 3.49. The molecule has 13 heavy (non-hydrogen) atoms. The highest BCUT2D eigenvalue weighted by Crippen LogP contribution is 2.07. The van der Waals surface area contributed by atoms with Crippen molar-refractivity contribution in [2.45, 2.75) is 20.3 Å². The quantitative estimate of drug-likeness (QED) is 0.758. The SMILES string of the molecule is CCCN(CC)c1ncc(N)cn1. The monoisotopic (exact) mass is 180 g/mol. The minimum Gasteiger partial charge on any atom is -0.396 e. The molecule has 0 amide bonds. The van der Waals surface area contributed by atoms with Gasteiger partial charge in [0.15, 0.2) is 0 Å². The second-order valence-electron chi connectivity index (χ2n) is 2.90. The number of nitrogens with two attached hydrogens (primary N) is 1. The van der Waals surface area contributed by atoms with Gasteiger partial charge < -0.3 is 10.6 Å². The van der Waals surface area contributed by atoms with E-state index in [4.69, 9.17) is 5.73 Å². The van der Waals surface area contributed by atoms with E-state index in [0.717, 1.165) is 25.5 Å². The zero-order valence-corrected chi connectivity index (χ0v) is 8.20. The third-order valence-electron chi connectivity index (χ3n) is 1.82. The van der Waals surface area contributed by atoms with Gasteiger partial charge in [-0.15, -0.1) is 0 Å². The molecule has 0 saturated heterocycles. The summed E-state index contributed by atoms with van der Waals surface area (Å²) in [6, 6.07) is 0. The maximum atomic E-state index is 5.50. The second kappa shape index (κ2) is 4.64. The third-order valence-corrected chi connectivity index (χ3v) is 1.82. The van der Waals surface area contributed by atoms with Gasteiger partial charge in [0.1, 0.15) is 0 Å². The van der Waals surface area contributed by atoms with Gasteiger partial charge in [-0.1, -0.05) is 6.92 Å². The third kappa shape index (κ3) is 2.57. The van der Waals surface area contributed by atoms with E-state index in [2.05, 4.69) is 28.7 Å². The molecule has 2 N–H and O–H groups in total. The van der Waals surface area contributed by atoms with Crippen molar-refractivity contribution in [1.29, 1.82) is 0 Å². The molecule has 1 heterocycles. The van der Waals surface area contributed by atoms with Gasteiger partial charge in [0.2, 0.25) is 5.95 Å². The fourth-order valence-corrected chi connectivity index (χ4v) is 1.16. The molecule has 1 aromatic rings. The van der Waals surface area contributed by atoms with Crippen molar-refractivity contribution >= 4 is 11.6 Å². The average molecular weight is 180 g/mol.